The number of anilines is 1. The van der Waals surface area contributed by atoms with Gasteiger partial charge >= 0.3 is 12.1 Å². The highest BCUT2D eigenvalue weighted by molar-refractivity contribution is 14.1. The van der Waals surface area contributed by atoms with Crippen molar-refractivity contribution in [1.82, 2.24) is 9.55 Å². The normalized spacial score (nSPS) is 15.3. The van der Waals surface area contributed by atoms with E-state index in [0.717, 1.165) is 53.4 Å². The van der Waals surface area contributed by atoms with E-state index in [1.54, 1.807) is 0 Å². The largest absolute Gasteiger partial charge is 0.478 e. The first-order chi connectivity index (χ1) is 18.6. The van der Waals surface area contributed by atoms with Gasteiger partial charge in [0.25, 0.3) is 0 Å². The molecule has 1 aliphatic carbocycles. The molecule has 6 nitrogen and oxygen atoms in total. The van der Waals surface area contributed by atoms with E-state index < -0.39 is 40.9 Å². The first kappa shape index (κ1) is 27.2. The maximum absolute atomic E-state index is 14.0. The molecule has 0 radical (unpaired) electrons. The van der Waals surface area contributed by atoms with Gasteiger partial charge in [-0.05, 0) is 83.8 Å². The molecule has 0 aliphatic heterocycles. The van der Waals surface area contributed by atoms with E-state index in [2.05, 4.69) is 27.9 Å². The lowest BCUT2D eigenvalue weighted by molar-refractivity contribution is -0.137. The second-order valence-electron chi connectivity index (χ2n) is 9.70. The molecule has 1 atom stereocenters. The van der Waals surface area contributed by atoms with Crippen molar-refractivity contribution >= 4 is 51.2 Å². The van der Waals surface area contributed by atoms with Gasteiger partial charge in [-0.1, -0.05) is 43.5 Å². The predicted octanol–water partition coefficient (Wildman–Crippen LogP) is 7.79. The Balaban J connectivity index is 1.65. The maximum Gasteiger partial charge on any atom is 0.418 e. The number of aromatic nitrogens is 2. The lowest BCUT2D eigenvalue weighted by Gasteiger charge is -2.32. The summed E-state index contributed by atoms with van der Waals surface area (Å²) in [6.45, 7) is 0. The fourth-order valence-corrected chi connectivity index (χ4v) is 5.71. The molecule has 0 saturated heterocycles. The molecule has 1 aliphatic rings. The smallest absolute Gasteiger partial charge is 0.418 e. The van der Waals surface area contributed by atoms with Crippen LogP contribution in [0.2, 0.25) is 0 Å². The molecule has 1 saturated carbocycles. The van der Waals surface area contributed by atoms with E-state index in [0.29, 0.717) is 22.9 Å². The minimum Gasteiger partial charge on any atom is -0.478 e. The summed E-state index contributed by atoms with van der Waals surface area (Å²) in [6.07, 6.45) is -0.486. The van der Waals surface area contributed by atoms with E-state index in [4.69, 9.17) is 4.98 Å². The Kier molecular flexibility index (Phi) is 7.66. The van der Waals surface area contributed by atoms with E-state index in [9.17, 15) is 27.9 Å². The average molecular weight is 647 g/mol. The summed E-state index contributed by atoms with van der Waals surface area (Å²) >= 11 is 2.21. The summed E-state index contributed by atoms with van der Waals surface area (Å²) in [5, 5.41) is 11.7. The minimum absolute atomic E-state index is 0.119. The van der Waals surface area contributed by atoms with E-state index in [1.807, 2.05) is 53.1 Å². The Morgan fingerprint density at radius 3 is 2.36 bits per heavy atom. The van der Waals surface area contributed by atoms with Crippen LogP contribution in [-0.2, 0) is 11.0 Å². The maximum atomic E-state index is 14.0. The van der Waals surface area contributed by atoms with Crippen molar-refractivity contribution in [2.45, 2.75) is 44.3 Å². The number of hydrogen-bond acceptors (Lipinski definition) is 3. The van der Waals surface area contributed by atoms with Crippen molar-refractivity contribution in [3.05, 3.63) is 81.4 Å². The van der Waals surface area contributed by atoms with Crippen molar-refractivity contribution in [3.63, 3.8) is 0 Å². The van der Waals surface area contributed by atoms with Crippen LogP contribution in [0.3, 0.4) is 0 Å². The second-order valence-corrected chi connectivity index (χ2v) is 10.9. The molecule has 2 N–H and O–H groups in total. The molecule has 4 aromatic rings. The van der Waals surface area contributed by atoms with E-state index in [-0.39, 0.29) is 5.92 Å². The van der Waals surface area contributed by atoms with E-state index in [1.165, 1.54) is 0 Å². The number of nitrogens with zero attached hydrogens (tertiary/aromatic N) is 2. The number of fused-ring (bicyclic) bond motifs is 1. The Labute approximate surface area is 236 Å². The van der Waals surface area contributed by atoms with Crippen LogP contribution in [0.4, 0.5) is 18.9 Å². The first-order valence-corrected chi connectivity index (χ1v) is 13.7. The van der Waals surface area contributed by atoms with Crippen molar-refractivity contribution in [2.75, 3.05) is 5.32 Å². The topological polar surface area (TPSA) is 84.2 Å². The number of amides is 1. The summed E-state index contributed by atoms with van der Waals surface area (Å²) in [5.41, 5.74) is 0.00769. The second kappa shape index (κ2) is 11.0. The summed E-state index contributed by atoms with van der Waals surface area (Å²) < 4.78 is 44.7. The number of carboxylic acid groups (broad SMARTS) is 1. The van der Waals surface area contributed by atoms with Gasteiger partial charge in [-0.25, -0.2) is 9.78 Å². The minimum atomic E-state index is -4.86. The van der Waals surface area contributed by atoms with Crippen LogP contribution in [-0.4, -0.2) is 26.5 Å². The number of imidazole rings is 1. The molecule has 0 unspecified atom stereocenters. The number of nitrogens with one attached hydrogen (secondary N) is 1. The third kappa shape index (κ3) is 5.66. The summed E-state index contributed by atoms with van der Waals surface area (Å²) in [5.74, 6) is -1.63. The molecule has 39 heavy (non-hydrogen) atoms. The standard InChI is InChI=1S/C29H25F3IN3O3/c30-29(31,32)21-16-19(28(38)39)12-15-22(21)35-27(37)25(17-6-2-1-3-7-17)36-24-9-5-4-8-23(24)34-26(36)18-10-13-20(33)14-11-18/h4-5,8-17,25H,1-3,6-7H2,(H,35,37)(H,38,39)/t25-/m0/s1. The first-order valence-electron chi connectivity index (χ1n) is 12.6. The average Bonchev–Trinajstić information content (AvgIpc) is 3.28. The number of alkyl halides is 3. The molecule has 5 rings (SSSR count). The Morgan fingerprint density at radius 2 is 1.69 bits per heavy atom. The Bertz CT molecular complexity index is 1530. The number of carboxylic acids is 1. The van der Waals surface area contributed by atoms with Crippen LogP contribution < -0.4 is 5.32 Å². The molecule has 10 heteroatoms. The number of carbonyl (C=O) groups excluding carboxylic acids is 1. The van der Waals surface area contributed by atoms with Crippen LogP contribution in [0.25, 0.3) is 22.4 Å². The zero-order valence-electron chi connectivity index (χ0n) is 20.7. The van der Waals surface area contributed by atoms with Gasteiger partial charge in [-0.3, -0.25) is 4.79 Å². The van der Waals surface area contributed by atoms with Gasteiger partial charge in [-0.15, -0.1) is 0 Å². The van der Waals surface area contributed by atoms with Crippen LogP contribution in [0.15, 0.2) is 66.7 Å². The highest BCUT2D eigenvalue weighted by atomic mass is 127. The summed E-state index contributed by atoms with van der Waals surface area (Å²) in [6, 6.07) is 16.9. The quantitative estimate of drug-likeness (QED) is 0.210. The molecule has 0 spiro atoms. The molecule has 202 valence electrons. The lowest BCUT2D eigenvalue weighted by atomic mass is 9.83. The molecular weight excluding hydrogens is 622 g/mol. The number of halogens is 4. The predicted molar refractivity (Wildman–Crippen MR) is 151 cm³/mol. The molecule has 1 aromatic heterocycles. The van der Waals surface area contributed by atoms with Crippen molar-refractivity contribution < 1.29 is 27.9 Å². The number of hydrogen-bond donors (Lipinski definition) is 2. The Morgan fingerprint density at radius 1 is 1.00 bits per heavy atom. The molecule has 0 bridgehead atoms. The SMILES string of the molecule is O=C(O)c1ccc(NC(=O)[C@H](C2CCCCC2)n2c(-c3ccc(I)cc3)nc3ccccc32)c(C(F)(F)F)c1. The fourth-order valence-electron chi connectivity index (χ4n) is 5.35. The van der Waals surface area contributed by atoms with Crippen LogP contribution in [0.1, 0.15) is 54.1 Å². The third-order valence-electron chi connectivity index (χ3n) is 7.17. The van der Waals surface area contributed by atoms with Crippen molar-refractivity contribution in [1.29, 1.82) is 0 Å². The van der Waals surface area contributed by atoms with Gasteiger partial charge < -0.3 is 15.0 Å². The lowest BCUT2D eigenvalue weighted by Crippen LogP contribution is -2.34. The molecule has 1 heterocycles. The third-order valence-corrected chi connectivity index (χ3v) is 7.89. The number of carbonyl (C=O) groups is 2. The van der Waals surface area contributed by atoms with Gasteiger partial charge in [0, 0.05) is 9.13 Å². The molecular formula is C29H25F3IN3O3. The van der Waals surface area contributed by atoms with E-state index >= 15 is 0 Å². The Hall–Kier alpha value is -3.41. The van der Waals surface area contributed by atoms with Crippen LogP contribution in [0, 0.1) is 9.49 Å². The molecule has 1 amide bonds. The number of para-hydroxylation sites is 2. The van der Waals surface area contributed by atoms with Crippen LogP contribution in [0.5, 0.6) is 0 Å². The highest BCUT2D eigenvalue weighted by Gasteiger charge is 2.38. The van der Waals surface area contributed by atoms with Gasteiger partial charge in [-0.2, -0.15) is 13.2 Å². The van der Waals surface area contributed by atoms with Gasteiger partial charge in [0.1, 0.15) is 11.9 Å². The fraction of sp³-hybridized carbons (Fsp3) is 0.276. The molecule has 1 fully saturated rings. The zero-order chi connectivity index (χ0) is 27.7. The van der Waals surface area contributed by atoms with Gasteiger partial charge in [0.2, 0.25) is 5.91 Å². The molecule has 3 aromatic carbocycles. The number of rotatable bonds is 6. The van der Waals surface area contributed by atoms with Gasteiger partial charge in [0.15, 0.2) is 0 Å². The van der Waals surface area contributed by atoms with Crippen LogP contribution >= 0.6 is 22.6 Å². The number of benzene rings is 3. The summed E-state index contributed by atoms with van der Waals surface area (Å²) in [7, 11) is 0. The number of aromatic carboxylic acids is 1. The zero-order valence-corrected chi connectivity index (χ0v) is 22.9. The van der Waals surface area contributed by atoms with Gasteiger partial charge in [0.05, 0.1) is 27.8 Å². The van der Waals surface area contributed by atoms with Crippen molar-refractivity contribution in [2.24, 2.45) is 5.92 Å². The van der Waals surface area contributed by atoms with Crippen molar-refractivity contribution in [3.8, 4) is 11.4 Å². The summed E-state index contributed by atoms with van der Waals surface area (Å²) in [4.78, 5) is 30.2. The monoisotopic (exact) mass is 647 g/mol. The highest BCUT2D eigenvalue weighted by Crippen LogP contribution is 2.40.